The third-order valence-corrected chi connectivity index (χ3v) is 3.13. The van der Waals surface area contributed by atoms with Crippen LogP contribution in [0.1, 0.15) is 61.4 Å². The second-order valence-corrected chi connectivity index (χ2v) is 5.20. The highest BCUT2D eigenvalue weighted by atomic mass is 16.1. The Bertz CT molecular complexity index is 568. The first kappa shape index (κ1) is 21.1. The fourth-order valence-corrected chi connectivity index (χ4v) is 1.99. The van der Waals surface area contributed by atoms with Crippen molar-refractivity contribution in [3.05, 3.63) is 58.9 Å². The summed E-state index contributed by atoms with van der Waals surface area (Å²) in [4.78, 5) is 12.4. The van der Waals surface area contributed by atoms with Crippen molar-refractivity contribution in [3.8, 4) is 0 Å². The average Bonchev–Trinajstić information content (AvgIpc) is 2.92. The summed E-state index contributed by atoms with van der Waals surface area (Å²) >= 11 is 0. The predicted octanol–water partition coefficient (Wildman–Crippen LogP) is 4.73. The predicted molar refractivity (Wildman–Crippen MR) is 100 cm³/mol. The van der Waals surface area contributed by atoms with Crippen LogP contribution in [0.25, 0.3) is 0 Å². The van der Waals surface area contributed by atoms with E-state index in [2.05, 4.69) is 19.2 Å². The van der Waals surface area contributed by atoms with Gasteiger partial charge in [-0.05, 0) is 26.1 Å². The molecule has 0 bridgehead atoms. The minimum Gasteiger partial charge on any atom is -0.344 e. The van der Waals surface area contributed by atoms with E-state index in [9.17, 15) is 4.79 Å². The van der Waals surface area contributed by atoms with Gasteiger partial charge in [0.2, 0.25) is 5.78 Å². The van der Waals surface area contributed by atoms with Crippen LogP contribution < -0.4 is 5.32 Å². The summed E-state index contributed by atoms with van der Waals surface area (Å²) < 4.78 is 1.94. The van der Waals surface area contributed by atoms with Crippen LogP contribution in [0.2, 0.25) is 0 Å². The molecule has 0 aliphatic heterocycles. The van der Waals surface area contributed by atoms with Crippen LogP contribution in [0, 0.1) is 6.92 Å². The highest BCUT2D eigenvalue weighted by Gasteiger charge is 2.13. The van der Waals surface area contributed by atoms with Gasteiger partial charge in [-0.15, -0.1) is 0 Å². The zero-order valence-corrected chi connectivity index (χ0v) is 15.7. The highest BCUT2D eigenvalue weighted by molar-refractivity contribution is 6.08. The molecule has 3 nitrogen and oxygen atoms in total. The molecule has 0 fully saturated rings. The number of hydrogen-bond acceptors (Lipinski definition) is 2. The van der Waals surface area contributed by atoms with Gasteiger partial charge in [0.1, 0.15) is 0 Å². The molecular weight excluding hydrogens is 284 g/mol. The summed E-state index contributed by atoms with van der Waals surface area (Å²) in [5.74, 6) is 0.0693. The van der Waals surface area contributed by atoms with Gasteiger partial charge < -0.3 is 9.88 Å². The lowest BCUT2D eigenvalue weighted by molar-refractivity contribution is 0.103. The minimum atomic E-state index is 0.0693. The van der Waals surface area contributed by atoms with Gasteiger partial charge in [0, 0.05) is 24.8 Å². The summed E-state index contributed by atoms with van der Waals surface area (Å²) in [6.45, 7) is 11.0. The van der Waals surface area contributed by atoms with Crippen molar-refractivity contribution in [2.24, 2.45) is 7.05 Å². The molecule has 0 saturated heterocycles. The van der Waals surface area contributed by atoms with E-state index < -0.39 is 0 Å². The minimum absolute atomic E-state index is 0.0693. The maximum absolute atomic E-state index is 12.4. The largest absolute Gasteiger partial charge is 0.344 e. The number of benzene rings is 1. The molecule has 0 saturated carbocycles. The summed E-state index contributed by atoms with van der Waals surface area (Å²) in [6, 6.07) is 11.5. The topological polar surface area (TPSA) is 34.0 Å². The molecule has 0 aliphatic rings. The van der Waals surface area contributed by atoms with E-state index in [1.807, 2.05) is 75.8 Å². The first-order valence-electron chi connectivity index (χ1n) is 8.45. The molecule has 0 amide bonds. The molecule has 23 heavy (non-hydrogen) atoms. The Morgan fingerprint density at radius 1 is 1.04 bits per heavy atom. The van der Waals surface area contributed by atoms with E-state index in [4.69, 9.17) is 0 Å². The Morgan fingerprint density at radius 3 is 2.04 bits per heavy atom. The van der Waals surface area contributed by atoms with Gasteiger partial charge in [-0.1, -0.05) is 63.9 Å². The van der Waals surface area contributed by atoms with Crippen LogP contribution in [0.15, 0.2) is 36.4 Å². The quantitative estimate of drug-likeness (QED) is 0.828. The lowest BCUT2D eigenvalue weighted by Crippen LogP contribution is -2.13. The Morgan fingerprint density at radius 2 is 1.57 bits per heavy atom. The molecule has 0 atom stereocenters. The zero-order valence-electron chi connectivity index (χ0n) is 15.7. The third-order valence-electron chi connectivity index (χ3n) is 3.13. The number of carbonyl (C=O) groups excluding carboxylic acids is 1. The molecule has 1 aromatic heterocycles. The molecule has 0 radical (unpaired) electrons. The third kappa shape index (κ3) is 6.41. The van der Waals surface area contributed by atoms with Gasteiger partial charge in [-0.3, -0.25) is 4.79 Å². The van der Waals surface area contributed by atoms with Gasteiger partial charge >= 0.3 is 0 Å². The number of carbonyl (C=O) groups is 1. The maximum atomic E-state index is 12.4. The summed E-state index contributed by atoms with van der Waals surface area (Å²) in [7, 11) is 3.82. The molecule has 0 aliphatic carbocycles. The number of aryl methyl sites for hydroxylation is 1. The number of aromatic nitrogens is 1. The zero-order chi connectivity index (χ0) is 17.8. The van der Waals surface area contributed by atoms with Crippen molar-refractivity contribution in [3.63, 3.8) is 0 Å². The first-order valence-corrected chi connectivity index (χ1v) is 8.45. The molecule has 0 unspecified atom stereocenters. The van der Waals surface area contributed by atoms with E-state index in [1.54, 1.807) is 0 Å². The van der Waals surface area contributed by atoms with Gasteiger partial charge in [0.25, 0.3) is 0 Å². The van der Waals surface area contributed by atoms with Crippen molar-refractivity contribution in [2.75, 3.05) is 7.05 Å². The van der Waals surface area contributed by atoms with Gasteiger partial charge in [-0.2, -0.15) is 0 Å². The molecule has 128 valence electrons. The Labute approximate surface area is 141 Å². The maximum Gasteiger partial charge on any atom is 0.209 e. The SMILES string of the molecule is CC.CCC.CNCc1ccc(C(=O)c2ccc(C)cc2)n1C. The van der Waals surface area contributed by atoms with E-state index >= 15 is 0 Å². The molecule has 1 aromatic carbocycles. The summed E-state index contributed by atoms with van der Waals surface area (Å²) in [6.07, 6.45) is 1.25. The number of rotatable bonds is 4. The number of nitrogens with one attached hydrogen (secondary N) is 1. The normalized spacial score (nSPS) is 9.35. The molecular formula is C20H32N2O. The monoisotopic (exact) mass is 316 g/mol. The highest BCUT2D eigenvalue weighted by Crippen LogP contribution is 2.13. The Balaban J connectivity index is 0.000000868. The number of nitrogens with zero attached hydrogens (tertiary/aromatic N) is 1. The lowest BCUT2D eigenvalue weighted by atomic mass is 10.1. The van der Waals surface area contributed by atoms with E-state index in [-0.39, 0.29) is 5.78 Å². The van der Waals surface area contributed by atoms with E-state index in [1.165, 1.54) is 6.42 Å². The van der Waals surface area contributed by atoms with Crippen molar-refractivity contribution in [2.45, 2.75) is 47.6 Å². The molecule has 2 rings (SSSR count). The molecule has 3 heteroatoms. The second kappa shape index (κ2) is 11.7. The Hall–Kier alpha value is -1.87. The van der Waals surface area contributed by atoms with Crippen LogP contribution >= 0.6 is 0 Å². The molecule has 2 aromatic rings. The summed E-state index contributed by atoms with van der Waals surface area (Å²) in [5, 5.41) is 3.09. The fraction of sp³-hybridized carbons (Fsp3) is 0.450. The van der Waals surface area contributed by atoms with Crippen LogP contribution in [-0.4, -0.2) is 17.4 Å². The van der Waals surface area contributed by atoms with Crippen molar-refractivity contribution in [1.82, 2.24) is 9.88 Å². The van der Waals surface area contributed by atoms with Crippen LogP contribution in [0.3, 0.4) is 0 Å². The van der Waals surface area contributed by atoms with Crippen LogP contribution in [-0.2, 0) is 13.6 Å². The molecule has 0 spiro atoms. The standard InChI is InChI=1S/C15H18N2O.C3H8.C2H6/c1-11-4-6-12(7-5-11)15(18)14-9-8-13(10-16-2)17(14)3;1-3-2;1-2/h4-9,16H,10H2,1-3H3;3H2,1-2H3;1-2H3. The van der Waals surface area contributed by atoms with Crippen molar-refractivity contribution < 1.29 is 4.79 Å². The molecule has 1 heterocycles. The van der Waals surface area contributed by atoms with E-state index in [0.717, 1.165) is 29.1 Å². The van der Waals surface area contributed by atoms with E-state index in [0.29, 0.717) is 0 Å². The fourth-order valence-electron chi connectivity index (χ4n) is 1.99. The average molecular weight is 316 g/mol. The number of ketones is 1. The number of hydrogen-bond donors (Lipinski definition) is 1. The van der Waals surface area contributed by atoms with Gasteiger partial charge in [0.15, 0.2) is 0 Å². The molecule has 1 N–H and O–H groups in total. The Kier molecular flexibility index (Phi) is 10.7. The van der Waals surface area contributed by atoms with Gasteiger partial charge in [0.05, 0.1) is 5.69 Å². The van der Waals surface area contributed by atoms with Gasteiger partial charge in [-0.25, -0.2) is 0 Å². The smallest absolute Gasteiger partial charge is 0.209 e. The van der Waals surface area contributed by atoms with Crippen LogP contribution in [0.5, 0.6) is 0 Å². The first-order chi connectivity index (χ1) is 11.0. The van der Waals surface area contributed by atoms with Crippen molar-refractivity contribution >= 4 is 5.78 Å². The lowest BCUT2D eigenvalue weighted by Gasteiger charge is -2.07. The second-order valence-electron chi connectivity index (χ2n) is 5.20. The van der Waals surface area contributed by atoms with Crippen molar-refractivity contribution in [1.29, 1.82) is 0 Å². The van der Waals surface area contributed by atoms with Crippen LogP contribution in [0.4, 0.5) is 0 Å². The summed E-state index contributed by atoms with van der Waals surface area (Å²) in [5.41, 5.74) is 3.73.